The number of piperazine rings is 1. The van der Waals surface area contributed by atoms with Gasteiger partial charge in [-0.15, -0.1) is 0 Å². The van der Waals surface area contributed by atoms with E-state index >= 15 is 0 Å². The predicted molar refractivity (Wildman–Crippen MR) is 117 cm³/mol. The molecule has 1 aliphatic rings. The van der Waals surface area contributed by atoms with Crippen molar-refractivity contribution in [2.75, 3.05) is 37.7 Å². The highest BCUT2D eigenvalue weighted by molar-refractivity contribution is 6.32. The molecule has 1 aromatic carbocycles. The monoisotopic (exact) mass is 504 g/mol. The number of nitrogens with one attached hydrogen (secondary N) is 2. The van der Waals surface area contributed by atoms with E-state index in [9.17, 15) is 27.9 Å². The number of fused-ring (bicyclic) bond motifs is 1. The van der Waals surface area contributed by atoms with Crippen molar-refractivity contribution >= 4 is 34.7 Å². The molecule has 34 heavy (non-hydrogen) atoms. The summed E-state index contributed by atoms with van der Waals surface area (Å²) in [5, 5.41) is 20.2. The second-order valence-electron chi connectivity index (χ2n) is 7.05. The first-order chi connectivity index (χ1) is 16.1. The number of benzene rings is 1. The number of aliphatic hydroxyl groups excluding tert-OH is 1. The second kappa shape index (κ2) is 10.3. The first-order valence-electron chi connectivity index (χ1n) is 9.93. The maximum atomic E-state index is 12.7. The molecule has 1 fully saturated rings. The Morgan fingerprint density at radius 3 is 2.35 bits per heavy atom. The number of imidazole rings is 1. The van der Waals surface area contributed by atoms with Crippen LogP contribution in [0.2, 0.25) is 5.02 Å². The number of rotatable bonds is 4. The first-order valence-corrected chi connectivity index (χ1v) is 10.3. The Morgan fingerprint density at radius 2 is 1.79 bits per heavy atom. The number of carboxylic acid groups (broad SMARTS) is 1. The van der Waals surface area contributed by atoms with Gasteiger partial charge in [0, 0.05) is 26.2 Å². The van der Waals surface area contributed by atoms with Crippen LogP contribution in [0.25, 0.3) is 16.9 Å². The van der Waals surface area contributed by atoms with E-state index in [0.29, 0.717) is 29.7 Å². The van der Waals surface area contributed by atoms with Crippen LogP contribution >= 0.6 is 11.6 Å². The van der Waals surface area contributed by atoms with E-state index < -0.39 is 23.4 Å². The summed E-state index contributed by atoms with van der Waals surface area (Å²) in [6, 6.07) is 7.17. The number of hydrogen-bond donors (Lipinski definition) is 4. The van der Waals surface area contributed by atoms with E-state index in [4.69, 9.17) is 21.5 Å². The van der Waals surface area contributed by atoms with Crippen LogP contribution in [0.3, 0.4) is 0 Å². The topological polar surface area (TPSA) is 145 Å². The molecule has 11 nitrogen and oxygen atoms in total. The lowest BCUT2D eigenvalue weighted by Crippen LogP contribution is -2.44. The minimum atomic E-state index is -5.08. The van der Waals surface area contributed by atoms with Gasteiger partial charge in [-0.3, -0.25) is 18.9 Å². The third-order valence-corrected chi connectivity index (χ3v) is 5.16. The zero-order valence-electron chi connectivity index (χ0n) is 17.5. The number of aliphatic hydroxyl groups is 1. The molecule has 0 atom stereocenters. The largest absolute Gasteiger partial charge is 0.490 e. The Balaban J connectivity index is 0.000000406. The number of hydrogen-bond acceptors (Lipinski definition) is 7. The maximum Gasteiger partial charge on any atom is 0.490 e. The Kier molecular flexibility index (Phi) is 7.64. The summed E-state index contributed by atoms with van der Waals surface area (Å²) in [5.74, 6) is -2.21. The van der Waals surface area contributed by atoms with E-state index in [2.05, 4.69) is 15.3 Å². The molecule has 0 radical (unpaired) electrons. The zero-order valence-corrected chi connectivity index (χ0v) is 18.2. The molecule has 0 saturated carbocycles. The van der Waals surface area contributed by atoms with Gasteiger partial charge in [-0.1, -0.05) is 23.7 Å². The SMILES string of the molecule is O=C(O)C(F)(F)F.O=c1[nH]c(=O)n(CCO)c2nc(N3CCNCC3)n(-c3ccccc3Cl)c12. The van der Waals surface area contributed by atoms with Gasteiger partial charge in [0.1, 0.15) is 0 Å². The van der Waals surface area contributed by atoms with Gasteiger partial charge in [-0.05, 0) is 12.1 Å². The van der Waals surface area contributed by atoms with Crippen LogP contribution in [0.1, 0.15) is 0 Å². The van der Waals surface area contributed by atoms with Gasteiger partial charge in [0.2, 0.25) is 5.95 Å². The lowest BCUT2D eigenvalue weighted by molar-refractivity contribution is -0.192. The number of carbonyl (C=O) groups is 1. The van der Waals surface area contributed by atoms with Crippen molar-refractivity contribution in [2.45, 2.75) is 12.7 Å². The third-order valence-electron chi connectivity index (χ3n) is 4.84. The van der Waals surface area contributed by atoms with Crippen LogP contribution in [-0.4, -0.2) is 74.2 Å². The summed E-state index contributed by atoms with van der Waals surface area (Å²) in [7, 11) is 0. The van der Waals surface area contributed by atoms with E-state index in [1.165, 1.54) is 4.57 Å². The maximum absolute atomic E-state index is 12.7. The van der Waals surface area contributed by atoms with Crippen LogP contribution in [0.4, 0.5) is 19.1 Å². The summed E-state index contributed by atoms with van der Waals surface area (Å²) < 4.78 is 34.7. The smallest absolute Gasteiger partial charge is 0.475 e. The lowest BCUT2D eigenvalue weighted by Gasteiger charge is -2.28. The summed E-state index contributed by atoms with van der Waals surface area (Å²) in [6.07, 6.45) is -5.08. The second-order valence-corrected chi connectivity index (χ2v) is 7.45. The van der Waals surface area contributed by atoms with Crippen molar-refractivity contribution in [2.24, 2.45) is 0 Å². The quantitative estimate of drug-likeness (QED) is 0.403. The Hall–Kier alpha value is -3.36. The molecule has 2 aromatic heterocycles. The predicted octanol–water partition coefficient (Wildman–Crippen LogP) is 0.564. The Morgan fingerprint density at radius 1 is 1.18 bits per heavy atom. The van der Waals surface area contributed by atoms with Crippen molar-refractivity contribution in [3.05, 3.63) is 50.1 Å². The first kappa shape index (κ1) is 25.3. The molecule has 0 amide bonds. The number of alkyl halides is 3. The molecule has 3 heterocycles. The lowest BCUT2D eigenvalue weighted by atomic mass is 10.3. The molecule has 0 unspecified atom stereocenters. The molecular formula is C19H20ClF3N6O5. The van der Waals surface area contributed by atoms with Crippen LogP contribution in [0.5, 0.6) is 0 Å². The summed E-state index contributed by atoms with van der Waals surface area (Å²) in [4.78, 5) is 42.8. The number of aromatic nitrogens is 4. The van der Waals surface area contributed by atoms with E-state index in [1.807, 2.05) is 11.0 Å². The van der Waals surface area contributed by atoms with Gasteiger partial charge < -0.3 is 20.4 Å². The molecule has 0 spiro atoms. The number of halogens is 4. The van der Waals surface area contributed by atoms with Gasteiger partial charge in [-0.25, -0.2) is 9.59 Å². The fourth-order valence-electron chi connectivity index (χ4n) is 3.35. The van der Waals surface area contributed by atoms with E-state index in [-0.39, 0.29) is 24.3 Å². The van der Waals surface area contributed by atoms with Gasteiger partial charge in [0.25, 0.3) is 5.56 Å². The van der Waals surface area contributed by atoms with Crippen LogP contribution in [0, 0.1) is 0 Å². The van der Waals surface area contributed by atoms with Crippen molar-refractivity contribution in [1.82, 2.24) is 24.4 Å². The summed E-state index contributed by atoms with van der Waals surface area (Å²) >= 11 is 6.41. The molecule has 0 bridgehead atoms. The van der Waals surface area contributed by atoms with E-state index in [0.717, 1.165) is 13.1 Å². The minimum Gasteiger partial charge on any atom is -0.475 e. The van der Waals surface area contributed by atoms with Crippen LogP contribution in [-0.2, 0) is 11.3 Å². The summed E-state index contributed by atoms with van der Waals surface area (Å²) in [6.45, 7) is 2.76. The summed E-state index contributed by atoms with van der Waals surface area (Å²) in [5.41, 5.74) is -0.0824. The zero-order chi connectivity index (χ0) is 25.0. The number of aliphatic carboxylic acids is 1. The number of para-hydroxylation sites is 1. The number of aromatic amines is 1. The van der Waals surface area contributed by atoms with Gasteiger partial charge >= 0.3 is 17.8 Å². The van der Waals surface area contributed by atoms with Crippen molar-refractivity contribution in [3.8, 4) is 5.69 Å². The fraction of sp³-hybridized carbons (Fsp3) is 0.368. The number of nitrogens with zero attached hydrogens (tertiary/aromatic N) is 4. The normalized spacial score (nSPS) is 14.1. The van der Waals surface area contributed by atoms with E-state index in [1.54, 1.807) is 22.8 Å². The highest BCUT2D eigenvalue weighted by Gasteiger charge is 2.38. The van der Waals surface area contributed by atoms with Gasteiger partial charge in [0.05, 0.1) is 23.9 Å². The average molecular weight is 505 g/mol. The van der Waals surface area contributed by atoms with Gasteiger partial charge in [-0.2, -0.15) is 18.2 Å². The van der Waals surface area contributed by atoms with Crippen LogP contribution in [0.15, 0.2) is 33.9 Å². The molecule has 4 N–H and O–H groups in total. The molecule has 4 rings (SSSR count). The highest BCUT2D eigenvalue weighted by atomic mass is 35.5. The van der Waals surface area contributed by atoms with Crippen molar-refractivity contribution in [1.29, 1.82) is 0 Å². The molecule has 184 valence electrons. The fourth-order valence-corrected chi connectivity index (χ4v) is 3.57. The number of H-pyrrole nitrogens is 1. The Bertz CT molecular complexity index is 1300. The Labute approximate surface area is 194 Å². The van der Waals surface area contributed by atoms with Crippen LogP contribution < -0.4 is 21.5 Å². The molecule has 3 aromatic rings. The van der Waals surface area contributed by atoms with Crippen molar-refractivity contribution < 1.29 is 28.2 Å². The highest BCUT2D eigenvalue weighted by Crippen LogP contribution is 2.29. The molecule has 0 aliphatic carbocycles. The molecule has 15 heteroatoms. The van der Waals surface area contributed by atoms with Gasteiger partial charge in [0.15, 0.2) is 11.2 Å². The average Bonchev–Trinajstić information content (AvgIpc) is 3.18. The third kappa shape index (κ3) is 5.24. The molecule has 1 aliphatic heterocycles. The number of carboxylic acids is 1. The molecular weight excluding hydrogens is 485 g/mol. The van der Waals surface area contributed by atoms with Crippen molar-refractivity contribution in [3.63, 3.8) is 0 Å². The molecule has 1 saturated heterocycles. The standard InChI is InChI=1S/C17H19ClN6O3.C2HF3O2/c18-11-3-1-2-4-12(11)24-13-14(20-16(24)22-7-5-19-6-8-22)23(9-10-25)17(27)21-15(13)26;3-2(4,5)1(6)7/h1-4,19,25H,5-10H2,(H,21,26,27);(H,6,7). The number of anilines is 1. The minimum absolute atomic E-state index is 0.0344.